The number of carbonyl (C=O) groups is 1. The molecule has 2 aliphatic rings. The number of hydrogen-bond acceptors (Lipinski definition) is 2. The number of hydrogen-bond donors (Lipinski definition) is 1. The summed E-state index contributed by atoms with van der Waals surface area (Å²) < 4.78 is 1.87. The molecule has 2 aliphatic carbocycles. The molecule has 2 bridgehead atoms. The monoisotopic (exact) mass is 337 g/mol. The molecule has 1 aromatic heterocycles. The van der Waals surface area contributed by atoms with Crippen LogP contribution in [0.2, 0.25) is 0 Å². The molecule has 0 aliphatic heterocycles. The van der Waals surface area contributed by atoms with Gasteiger partial charge in [-0.05, 0) is 68.1 Å². The summed E-state index contributed by atoms with van der Waals surface area (Å²) in [5.41, 5.74) is 2.15. The van der Waals surface area contributed by atoms with Crippen molar-refractivity contribution in [2.45, 2.75) is 51.5 Å². The first-order chi connectivity index (χ1) is 12.2. The van der Waals surface area contributed by atoms with E-state index in [0.717, 1.165) is 29.5 Å². The quantitative estimate of drug-likeness (QED) is 0.873. The Morgan fingerprint density at radius 2 is 2.12 bits per heavy atom. The Labute approximate surface area is 149 Å². The van der Waals surface area contributed by atoms with Crippen molar-refractivity contribution in [2.24, 2.45) is 17.8 Å². The summed E-state index contributed by atoms with van der Waals surface area (Å²) in [5.74, 6) is 2.65. The molecule has 4 heteroatoms. The predicted octanol–water partition coefficient (Wildman–Crippen LogP) is 3.75. The highest BCUT2D eigenvalue weighted by molar-refractivity contribution is 5.76. The van der Waals surface area contributed by atoms with Gasteiger partial charge in [-0.3, -0.25) is 4.79 Å². The van der Waals surface area contributed by atoms with E-state index in [9.17, 15) is 4.79 Å². The van der Waals surface area contributed by atoms with Crippen LogP contribution in [0.3, 0.4) is 0 Å². The zero-order valence-corrected chi connectivity index (χ0v) is 14.9. The highest BCUT2D eigenvalue weighted by Crippen LogP contribution is 2.49. The Morgan fingerprint density at radius 1 is 1.28 bits per heavy atom. The van der Waals surface area contributed by atoms with Gasteiger partial charge in [-0.1, -0.05) is 24.6 Å². The van der Waals surface area contributed by atoms with Gasteiger partial charge in [0.25, 0.3) is 0 Å². The molecule has 0 spiro atoms. The van der Waals surface area contributed by atoms with Crippen molar-refractivity contribution >= 4 is 5.91 Å². The molecule has 4 nitrogen and oxygen atoms in total. The van der Waals surface area contributed by atoms with Crippen molar-refractivity contribution in [2.75, 3.05) is 0 Å². The smallest absolute Gasteiger partial charge is 0.220 e. The Morgan fingerprint density at radius 3 is 2.84 bits per heavy atom. The van der Waals surface area contributed by atoms with Crippen LogP contribution in [0, 0.1) is 17.8 Å². The second-order valence-electron chi connectivity index (χ2n) is 7.82. The van der Waals surface area contributed by atoms with Crippen molar-refractivity contribution < 1.29 is 4.79 Å². The first-order valence-electron chi connectivity index (χ1n) is 9.57. The van der Waals surface area contributed by atoms with Gasteiger partial charge < -0.3 is 5.32 Å². The molecule has 132 valence electrons. The molecular formula is C21H27N3O. The fourth-order valence-corrected chi connectivity index (χ4v) is 4.81. The summed E-state index contributed by atoms with van der Waals surface area (Å²) in [6, 6.07) is 10.4. The molecule has 2 saturated carbocycles. The molecule has 2 aromatic rings. The standard InChI is InChI=1S/C21H27N3O/c1-15(20-12-16-7-9-18(20)11-16)23-21(25)10-8-17-13-22-24(14-17)19-5-3-2-4-6-19/h2-6,13-16,18,20H,7-12H2,1H3,(H,23,25). The Balaban J connectivity index is 1.27. The lowest BCUT2D eigenvalue weighted by molar-refractivity contribution is -0.122. The van der Waals surface area contributed by atoms with Crippen molar-refractivity contribution in [3.63, 3.8) is 0 Å². The number of para-hydroxylation sites is 1. The molecule has 1 heterocycles. The number of carbonyl (C=O) groups excluding carboxylic acids is 1. The minimum Gasteiger partial charge on any atom is -0.353 e. The Kier molecular flexibility index (Phi) is 4.60. The Hall–Kier alpha value is -2.10. The van der Waals surface area contributed by atoms with E-state index in [1.165, 1.54) is 25.7 Å². The average molecular weight is 337 g/mol. The highest BCUT2D eigenvalue weighted by atomic mass is 16.1. The zero-order chi connectivity index (χ0) is 17.2. The van der Waals surface area contributed by atoms with Crippen LogP contribution in [-0.4, -0.2) is 21.7 Å². The van der Waals surface area contributed by atoms with Gasteiger partial charge in [0.15, 0.2) is 0 Å². The van der Waals surface area contributed by atoms with Gasteiger partial charge in [-0.15, -0.1) is 0 Å². The van der Waals surface area contributed by atoms with E-state index in [1.54, 1.807) is 0 Å². The summed E-state index contributed by atoms with van der Waals surface area (Å²) in [5, 5.41) is 7.65. The maximum Gasteiger partial charge on any atom is 0.220 e. The van der Waals surface area contributed by atoms with E-state index in [2.05, 4.69) is 17.3 Å². The van der Waals surface area contributed by atoms with E-state index in [-0.39, 0.29) is 5.91 Å². The number of aryl methyl sites for hydroxylation is 1. The molecule has 4 unspecified atom stereocenters. The first kappa shape index (κ1) is 16.4. The SMILES string of the molecule is CC(NC(=O)CCc1cnn(-c2ccccc2)c1)C1CC2CCC1C2. The zero-order valence-electron chi connectivity index (χ0n) is 14.9. The second kappa shape index (κ2) is 7.03. The van der Waals surface area contributed by atoms with Crippen LogP contribution < -0.4 is 5.32 Å². The van der Waals surface area contributed by atoms with E-state index in [1.807, 2.05) is 47.4 Å². The van der Waals surface area contributed by atoms with Crippen molar-refractivity contribution in [1.82, 2.24) is 15.1 Å². The predicted molar refractivity (Wildman–Crippen MR) is 98.4 cm³/mol. The van der Waals surface area contributed by atoms with Gasteiger partial charge in [-0.25, -0.2) is 4.68 Å². The average Bonchev–Trinajstić information content (AvgIpc) is 3.37. The molecule has 1 aromatic carbocycles. The van der Waals surface area contributed by atoms with Crippen LogP contribution in [0.5, 0.6) is 0 Å². The molecule has 2 fully saturated rings. The normalized spacial score (nSPS) is 25.9. The number of rotatable bonds is 6. The topological polar surface area (TPSA) is 46.9 Å². The number of amides is 1. The third kappa shape index (κ3) is 3.63. The molecule has 0 saturated heterocycles. The highest BCUT2D eigenvalue weighted by Gasteiger charge is 2.42. The van der Waals surface area contributed by atoms with Gasteiger partial charge in [0.05, 0.1) is 11.9 Å². The summed E-state index contributed by atoms with van der Waals surface area (Å²) in [4.78, 5) is 12.3. The second-order valence-corrected chi connectivity index (χ2v) is 7.82. The van der Waals surface area contributed by atoms with Crippen LogP contribution in [0.1, 0.15) is 44.6 Å². The van der Waals surface area contributed by atoms with Gasteiger partial charge in [-0.2, -0.15) is 5.10 Å². The number of nitrogens with zero attached hydrogens (tertiary/aromatic N) is 2. The summed E-state index contributed by atoms with van der Waals surface area (Å²) in [6.45, 7) is 2.19. The number of fused-ring (bicyclic) bond motifs is 2. The fraction of sp³-hybridized carbons (Fsp3) is 0.524. The third-order valence-corrected chi connectivity index (χ3v) is 6.12. The van der Waals surface area contributed by atoms with Crippen molar-refractivity contribution in [1.29, 1.82) is 0 Å². The molecule has 25 heavy (non-hydrogen) atoms. The van der Waals surface area contributed by atoms with Gasteiger partial charge in [0.1, 0.15) is 0 Å². The molecule has 1 N–H and O–H groups in total. The first-order valence-corrected chi connectivity index (χ1v) is 9.57. The van der Waals surface area contributed by atoms with E-state index >= 15 is 0 Å². The van der Waals surface area contributed by atoms with E-state index in [0.29, 0.717) is 18.4 Å². The van der Waals surface area contributed by atoms with Gasteiger partial charge >= 0.3 is 0 Å². The molecular weight excluding hydrogens is 310 g/mol. The van der Waals surface area contributed by atoms with Crippen molar-refractivity contribution in [3.8, 4) is 5.69 Å². The molecule has 4 atom stereocenters. The van der Waals surface area contributed by atoms with Crippen LogP contribution in [0.15, 0.2) is 42.7 Å². The minimum absolute atomic E-state index is 0.169. The minimum atomic E-state index is 0.169. The number of nitrogens with one attached hydrogen (secondary N) is 1. The van der Waals surface area contributed by atoms with Crippen LogP contribution in [0.25, 0.3) is 5.69 Å². The van der Waals surface area contributed by atoms with E-state index in [4.69, 9.17) is 0 Å². The van der Waals surface area contributed by atoms with Gasteiger partial charge in [0, 0.05) is 18.7 Å². The summed E-state index contributed by atoms with van der Waals surface area (Å²) >= 11 is 0. The third-order valence-electron chi connectivity index (χ3n) is 6.12. The largest absolute Gasteiger partial charge is 0.353 e. The lowest BCUT2D eigenvalue weighted by Gasteiger charge is -2.28. The maximum atomic E-state index is 12.3. The van der Waals surface area contributed by atoms with Crippen LogP contribution in [0.4, 0.5) is 0 Å². The van der Waals surface area contributed by atoms with Crippen LogP contribution in [-0.2, 0) is 11.2 Å². The van der Waals surface area contributed by atoms with Crippen molar-refractivity contribution in [3.05, 3.63) is 48.3 Å². The Bertz CT molecular complexity index is 724. The maximum absolute atomic E-state index is 12.3. The number of benzene rings is 1. The summed E-state index contributed by atoms with van der Waals surface area (Å²) in [6.07, 6.45) is 10.6. The molecule has 0 radical (unpaired) electrons. The van der Waals surface area contributed by atoms with Crippen LogP contribution >= 0.6 is 0 Å². The van der Waals surface area contributed by atoms with Gasteiger partial charge in [0.2, 0.25) is 5.91 Å². The lowest BCUT2D eigenvalue weighted by atomic mass is 9.84. The molecule has 1 amide bonds. The fourth-order valence-electron chi connectivity index (χ4n) is 4.81. The lowest BCUT2D eigenvalue weighted by Crippen LogP contribution is -2.40. The van der Waals surface area contributed by atoms with E-state index < -0.39 is 0 Å². The summed E-state index contributed by atoms with van der Waals surface area (Å²) in [7, 11) is 0. The number of aromatic nitrogens is 2. The molecule has 4 rings (SSSR count).